The first-order valence-corrected chi connectivity index (χ1v) is 8.89. The van der Waals surface area contributed by atoms with E-state index in [2.05, 4.69) is 71.0 Å². The van der Waals surface area contributed by atoms with Crippen molar-refractivity contribution in [3.05, 3.63) is 51.6 Å². The molecule has 128 valence electrons. The van der Waals surface area contributed by atoms with Gasteiger partial charge in [-0.25, -0.2) is 9.98 Å². The minimum Gasteiger partial charge on any atom is -0.366 e. The second-order valence-corrected chi connectivity index (χ2v) is 6.85. The van der Waals surface area contributed by atoms with Crippen molar-refractivity contribution < 1.29 is 0 Å². The first-order chi connectivity index (χ1) is 11.4. The first kappa shape index (κ1) is 18.5. The lowest BCUT2D eigenvalue weighted by atomic mass is 10.1. The van der Waals surface area contributed by atoms with Crippen molar-refractivity contribution >= 4 is 33.8 Å². The van der Waals surface area contributed by atoms with Crippen LogP contribution in [-0.4, -0.2) is 36.9 Å². The van der Waals surface area contributed by atoms with Crippen LogP contribution in [0.5, 0.6) is 0 Å². The molecule has 0 spiro atoms. The van der Waals surface area contributed by atoms with Crippen molar-refractivity contribution in [2.24, 2.45) is 4.99 Å². The average Bonchev–Trinajstić information content (AvgIpc) is 2.56. The van der Waals surface area contributed by atoms with Gasteiger partial charge < -0.3 is 9.80 Å². The van der Waals surface area contributed by atoms with Gasteiger partial charge in [0.1, 0.15) is 5.82 Å². The van der Waals surface area contributed by atoms with Crippen molar-refractivity contribution in [2.45, 2.75) is 27.3 Å². The maximum absolute atomic E-state index is 4.75. The van der Waals surface area contributed by atoms with E-state index in [1.807, 2.05) is 31.3 Å². The molecule has 0 radical (unpaired) electrons. The smallest absolute Gasteiger partial charge is 0.143 e. The molecule has 5 heteroatoms. The Morgan fingerprint density at radius 1 is 1.21 bits per heavy atom. The Labute approximate surface area is 153 Å². The maximum Gasteiger partial charge on any atom is 0.143 e. The summed E-state index contributed by atoms with van der Waals surface area (Å²) in [7, 11) is 4.07. The number of anilines is 1. The largest absolute Gasteiger partial charge is 0.366 e. The van der Waals surface area contributed by atoms with Crippen LogP contribution in [0, 0.1) is 13.8 Å². The second kappa shape index (κ2) is 8.29. The third kappa shape index (κ3) is 4.57. The van der Waals surface area contributed by atoms with Gasteiger partial charge >= 0.3 is 0 Å². The second-order valence-electron chi connectivity index (χ2n) is 6.00. The van der Waals surface area contributed by atoms with Crippen LogP contribution in [0.4, 0.5) is 11.5 Å². The van der Waals surface area contributed by atoms with Crippen LogP contribution in [0.3, 0.4) is 0 Å². The van der Waals surface area contributed by atoms with E-state index in [1.54, 1.807) is 0 Å². The summed E-state index contributed by atoms with van der Waals surface area (Å²) in [5, 5.41) is 0. The van der Waals surface area contributed by atoms with Crippen LogP contribution >= 0.6 is 15.9 Å². The number of nitrogens with zero attached hydrogens (tertiary/aromatic N) is 4. The highest BCUT2D eigenvalue weighted by Crippen LogP contribution is 2.30. The molecule has 0 atom stereocenters. The van der Waals surface area contributed by atoms with E-state index in [9.17, 15) is 0 Å². The van der Waals surface area contributed by atoms with Crippen LogP contribution in [0.2, 0.25) is 0 Å². The average molecular weight is 389 g/mol. The van der Waals surface area contributed by atoms with Crippen molar-refractivity contribution in [3.63, 3.8) is 0 Å². The zero-order valence-corrected chi connectivity index (χ0v) is 16.6. The Balaban J connectivity index is 2.23. The molecule has 0 aliphatic carbocycles. The Kier molecular flexibility index (Phi) is 6.37. The molecule has 0 bridgehead atoms. The highest BCUT2D eigenvalue weighted by Gasteiger charge is 2.12. The van der Waals surface area contributed by atoms with Gasteiger partial charge in [0.2, 0.25) is 0 Å². The summed E-state index contributed by atoms with van der Waals surface area (Å²) >= 11 is 3.65. The number of benzene rings is 1. The molecule has 0 N–H and O–H groups in total. The molecule has 0 unspecified atom stereocenters. The van der Waals surface area contributed by atoms with E-state index in [0.717, 1.165) is 34.8 Å². The Morgan fingerprint density at radius 3 is 2.58 bits per heavy atom. The first-order valence-electron chi connectivity index (χ1n) is 8.09. The summed E-state index contributed by atoms with van der Waals surface area (Å²) in [6.07, 6.45) is 1.84. The van der Waals surface area contributed by atoms with E-state index < -0.39 is 0 Å². The molecule has 0 amide bonds. The van der Waals surface area contributed by atoms with Gasteiger partial charge in [-0.05, 0) is 53.9 Å². The number of pyridine rings is 1. The van der Waals surface area contributed by atoms with Crippen LogP contribution < -0.4 is 4.90 Å². The van der Waals surface area contributed by atoms with Gasteiger partial charge in [0.15, 0.2) is 0 Å². The number of hydrogen-bond acceptors (Lipinski definition) is 3. The fourth-order valence-corrected chi connectivity index (χ4v) is 2.93. The fourth-order valence-electron chi connectivity index (χ4n) is 2.32. The van der Waals surface area contributed by atoms with Crippen molar-refractivity contribution in [1.82, 2.24) is 9.88 Å². The molecule has 1 heterocycles. The van der Waals surface area contributed by atoms with Crippen LogP contribution in [0.15, 0.2) is 39.8 Å². The summed E-state index contributed by atoms with van der Waals surface area (Å²) < 4.78 is 0.954. The molecule has 4 nitrogen and oxygen atoms in total. The molecular formula is C19H25BrN4. The molecule has 0 fully saturated rings. The van der Waals surface area contributed by atoms with Crippen molar-refractivity contribution in [3.8, 4) is 0 Å². The molecule has 0 saturated heterocycles. The Morgan fingerprint density at radius 2 is 1.92 bits per heavy atom. The zero-order valence-electron chi connectivity index (χ0n) is 15.0. The van der Waals surface area contributed by atoms with Gasteiger partial charge in [0, 0.05) is 27.2 Å². The lowest BCUT2D eigenvalue weighted by molar-refractivity contribution is 0.552. The lowest BCUT2D eigenvalue weighted by Gasteiger charge is -2.21. The van der Waals surface area contributed by atoms with Gasteiger partial charge in [0.25, 0.3) is 0 Å². The van der Waals surface area contributed by atoms with Gasteiger partial charge in [-0.2, -0.15) is 0 Å². The zero-order chi connectivity index (χ0) is 17.7. The summed E-state index contributed by atoms with van der Waals surface area (Å²) in [5.41, 5.74) is 4.40. The van der Waals surface area contributed by atoms with Crippen LogP contribution in [-0.2, 0) is 6.54 Å². The fraction of sp³-hybridized carbons (Fsp3) is 0.368. The molecular weight excluding hydrogens is 364 g/mol. The highest BCUT2D eigenvalue weighted by atomic mass is 79.9. The quantitative estimate of drug-likeness (QED) is 0.530. The predicted molar refractivity (Wildman–Crippen MR) is 106 cm³/mol. The van der Waals surface area contributed by atoms with Crippen molar-refractivity contribution in [2.75, 3.05) is 25.5 Å². The number of aromatic nitrogens is 1. The standard InChI is InChI=1S/C19H25BrN4/c1-6-23(4)13-21-18-11-17(20)19(22-15(18)3)24(5)12-16-10-8-7-9-14(16)2/h7-11,13H,6,12H2,1-5H3/b21-13+. The molecule has 0 aliphatic rings. The van der Waals surface area contributed by atoms with Gasteiger partial charge in [-0.15, -0.1) is 0 Å². The minimum absolute atomic E-state index is 0.818. The van der Waals surface area contributed by atoms with E-state index in [4.69, 9.17) is 4.98 Å². The Bertz CT molecular complexity index is 727. The van der Waals surface area contributed by atoms with Gasteiger partial charge in [-0.3, -0.25) is 0 Å². The topological polar surface area (TPSA) is 31.7 Å². The third-order valence-corrected chi connectivity index (χ3v) is 4.63. The molecule has 0 saturated carbocycles. The molecule has 1 aromatic heterocycles. The normalized spacial score (nSPS) is 11.1. The Hall–Kier alpha value is -1.88. The van der Waals surface area contributed by atoms with Gasteiger partial charge in [0.05, 0.1) is 22.2 Å². The molecule has 24 heavy (non-hydrogen) atoms. The van der Waals surface area contributed by atoms with Gasteiger partial charge in [-0.1, -0.05) is 24.3 Å². The van der Waals surface area contributed by atoms with E-state index in [-0.39, 0.29) is 0 Å². The summed E-state index contributed by atoms with van der Waals surface area (Å²) in [5.74, 6) is 0.929. The number of halogens is 1. The van der Waals surface area contributed by atoms with Crippen LogP contribution in [0.1, 0.15) is 23.7 Å². The number of rotatable bonds is 6. The molecule has 0 aliphatic heterocycles. The number of aliphatic imine (C=N–C) groups is 1. The molecule has 1 aromatic carbocycles. The molecule has 2 rings (SSSR count). The predicted octanol–water partition coefficient (Wildman–Crippen LogP) is 4.71. The third-order valence-electron chi connectivity index (χ3n) is 4.04. The van der Waals surface area contributed by atoms with Crippen molar-refractivity contribution in [1.29, 1.82) is 0 Å². The minimum atomic E-state index is 0.818. The summed E-state index contributed by atoms with van der Waals surface area (Å²) in [4.78, 5) is 13.5. The number of aryl methyl sites for hydroxylation is 2. The number of hydrogen-bond donors (Lipinski definition) is 0. The maximum atomic E-state index is 4.75. The monoisotopic (exact) mass is 388 g/mol. The molecule has 2 aromatic rings. The highest BCUT2D eigenvalue weighted by molar-refractivity contribution is 9.10. The van der Waals surface area contributed by atoms with E-state index in [0.29, 0.717) is 0 Å². The lowest BCUT2D eigenvalue weighted by Crippen LogP contribution is -2.19. The summed E-state index contributed by atoms with van der Waals surface area (Å²) in [6, 6.07) is 10.5. The van der Waals surface area contributed by atoms with E-state index in [1.165, 1.54) is 11.1 Å². The summed E-state index contributed by atoms with van der Waals surface area (Å²) in [6.45, 7) is 7.97. The van der Waals surface area contributed by atoms with E-state index >= 15 is 0 Å². The SMILES string of the molecule is CCN(C)/C=N/c1cc(Br)c(N(C)Cc2ccccc2C)nc1C. The van der Waals surface area contributed by atoms with Crippen LogP contribution in [0.25, 0.3) is 0 Å².